The first-order valence-corrected chi connectivity index (χ1v) is 7.84. The van der Waals surface area contributed by atoms with E-state index >= 15 is 0 Å². The molecule has 0 spiro atoms. The molecule has 0 aromatic heterocycles. The molecule has 1 heterocycles. The first kappa shape index (κ1) is 16.3. The van der Waals surface area contributed by atoms with E-state index in [1.807, 2.05) is 30.0 Å². The minimum absolute atomic E-state index is 0.0240. The molecule has 1 aliphatic rings. The zero-order chi connectivity index (χ0) is 15.9. The highest BCUT2D eigenvalue weighted by atomic mass is 16.5. The van der Waals surface area contributed by atoms with Crippen molar-refractivity contribution in [2.75, 3.05) is 19.7 Å². The summed E-state index contributed by atoms with van der Waals surface area (Å²) >= 11 is 0. The Labute approximate surface area is 130 Å². The van der Waals surface area contributed by atoms with Crippen molar-refractivity contribution in [3.05, 3.63) is 29.8 Å². The molecule has 0 unspecified atom stereocenters. The molecule has 0 saturated carbocycles. The molecule has 2 rings (SSSR count). The van der Waals surface area contributed by atoms with Gasteiger partial charge >= 0.3 is 5.97 Å². The monoisotopic (exact) mass is 305 g/mol. The van der Waals surface area contributed by atoms with Crippen molar-refractivity contribution in [2.45, 2.75) is 32.6 Å². The summed E-state index contributed by atoms with van der Waals surface area (Å²) in [5.41, 5.74) is 0.586. The highest BCUT2D eigenvalue weighted by molar-refractivity contribution is 5.97. The lowest BCUT2D eigenvalue weighted by atomic mass is 9.93. The number of nitrogens with zero attached hydrogens (tertiary/aromatic N) is 1. The lowest BCUT2D eigenvalue weighted by Crippen LogP contribution is -2.40. The summed E-state index contributed by atoms with van der Waals surface area (Å²) in [6.07, 6.45) is 2.71. The third kappa shape index (κ3) is 4.23. The molecule has 22 heavy (non-hydrogen) atoms. The van der Waals surface area contributed by atoms with Gasteiger partial charge in [-0.3, -0.25) is 9.59 Å². The summed E-state index contributed by atoms with van der Waals surface area (Å²) in [6.45, 7) is 3.77. The van der Waals surface area contributed by atoms with Gasteiger partial charge in [-0.2, -0.15) is 0 Å². The number of likely N-dealkylation sites (tertiary alicyclic amines) is 1. The number of benzene rings is 1. The molecule has 1 N–H and O–H groups in total. The lowest BCUT2D eigenvalue weighted by molar-refractivity contribution is -0.137. The number of para-hydroxylation sites is 1. The number of carboxylic acids is 1. The first-order chi connectivity index (χ1) is 10.6. The van der Waals surface area contributed by atoms with E-state index in [9.17, 15) is 9.59 Å². The maximum Gasteiger partial charge on any atom is 0.303 e. The van der Waals surface area contributed by atoms with Crippen LogP contribution in [0, 0.1) is 5.92 Å². The molecular formula is C17H23NO4. The second-order valence-electron chi connectivity index (χ2n) is 5.62. The third-order valence-corrected chi connectivity index (χ3v) is 3.99. The van der Waals surface area contributed by atoms with E-state index in [0.717, 1.165) is 19.4 Å². The van der Waals surface area contributed by atoms with Crippen molar-refractivity contribution in [2.24, 2.45) is 5.92 Å². The first-order valence-electron chi connectivity index (χ1n) is 7.84. The molecule has 0 aliphatic carbocycles. The normalized spacial score (nSPS) is 18.0. The van der Waals surface area contributed by atoms with E-state index < -0.39 is 5.97 Å². The Balaban J connectivity index is 2.04. The zero-order valence-corrected chi connectivity index (χ0v) is 13.0. The van der Waals surface area contributed by atoms with Gasteiger partial charge in [0.1, 0.15) is 5.75 Å². The Morgan fingerprint density at radius 3 is 2.86 bits per heavy atom. The average molecular weight is 305 g/mol. The molecule has 5 heteroatoms. The Hall–Kier alpha value is -2.04. The second-order valence-corrected chi connectivity index (χ2v) is 5.62. The van der Waals surface area contributed by atoms with Gasteiger partial charge in [-0.15, -0.1) is 0 Å². The lowest BCUT2D eigenvalue weighted by Gasteiger charge is -2.33. The van der Waals surface area contributed by atoms with E-state index in [1.165, 1.54) is 0 Å². The molecule has 0 bridgehead atoms. The van der Waals surface area contributed by atoms with E-state index in [4.69, 9.17) is 9.84 Å². The van der Waals surface area contributed by atoms with Gasteiger partial charge in [0.2, 0.25) is 0 Å². The van der Waals surface area contributed by atoms with Gasteiger partial charge in [0.05, 0.1) is 12.2 Å². The maximum atomic E-state index is 12.7. The minimum atomic E-state index is -0.773. The Bertz CT molecular complexity index is 529. The van der Waals surface area contributed by atoms with E-state index in [0.29, 0.717) is 30.9 Å². The molecule has 1 aliphatic heterocycles. The van der Waals surface area contributed by atoms with Crippen molar-refractivity contribution >= 4 is 11.9 Å². The molecule has 120 valence electrons. The van der Waals surface area contributed by atoms with Crippen LogP contribution in [0.3, 0.4) is 0 Å². The predicted molar refractivity (Wildman–Crippen MR) is 83.1 cm³/mol. The quantitative estimate of drug-likeness (QED) is 0.877. The fraction of sp³-hybridized carbons (Fsp3) is 0.529. The van der Waals surface area contributed by atoms with Crippen LogP contribution in [0.2, 0.25) is 0 Å². The number of rotatable bonds is 6. The van der Waals surface area contributed by atoms with Gasteiger partial charge in [0.25, 0.3) is 5.91 Å². The Morgan fingerprint density at radius 2 is 2.14 bits per heavy atom. The molecule has 1 amide bonds. The molecule has 1 fully saturated rings. The summed E-state index contributed by atoms with van der Waals surface area (Å²) in [7, 11) is 0. The highest BCUT2D eigenvalue weighted by Crippen LogP contribution is 2.25. The van der Waals surface area contributed by atoms with Gasteiger partial charge in [-0.1, -0.05) is 12.1 Å². The van der Waals surface area contributed by atoms with Crippen molar-refractivity contribution in [3.8, 4) is 5.75 Å². The molecular weight excluding hydrogens is 282 g/mol. The highest BCUT2D eigenvalue weighted by Gasteiger charge is 2.26. The maximum absolute atomic E-state index is 12.7. The van der Waals surface area contributed by atoms with Crippen LogP contribution in [-0.4, -0.2) is 41.6 Å². The number of amides is 1. The fourth-order valence-corrected chi connectivity index (χ4v) is 2.91. The van der Waals surface area contributed by atoms with Crippen molar-refractivity contribution in [1.82, 2.24) is 4.90 Å². The summed E-state index contributed by atoms with van der Waals surface area (Å²) < 4.78 is 5.53. The number of hydrogen-bond acceptors (Lipinski definition) is 3. The van der Waals surface area contributed by atoms with Gasteiger partial charge < -0.3 is 14.7 Å². The van der Waals surface area contributed by atoms with E-state index in [1.54, 1.807) is 6.07 Å². The van der Waals surface area contributed by atoms with Crippen molar-refractivity contribution in [1.29, 1.82) is 0 Å². The van der Waals surface area contributed by atoms with Gasteiger partial charge in [-0.25, -0.2) is 0 Å². The smallest absolute Gasteiger partial charge is 0.303 e. The van der Waals surface area contributed by atoms with Crippen LogP contribution >= 0.6 is 0 Å². The summed E-state index contributed by atoms with van der Waals surface area (Å²) in [6, 6.07) is 7.28. The third-order valence-electron chi connectivity index (χ3n) is 3.99. The van der Waals surface area contributed by atoms with E-state index in [2.05, 4.69) is 0 Å². The van der Waals surface area contributed by atoms with Gasteiger partial charge in [-0.05, 0) is 44.2 Å². The zero-order valence-electron chi connectivity index (χ0n) is 13.0. The fourth-order valence-electron chi connectivity index (χ4n) is 2.91. The van der Waals surface area contributed by atoms with Crippen LogP contribution in [0.5, 0.6) is 5.75 Å². The van der Waals surface area contributed by atoms with E-state index in [-0.39, 0.29) is 18.2 Å². The van der Waals surface area contributed by atoms with Crippen LogP contribution in [0.4, 0.5) is 0 Å². The molecule has 1 aromatic rings. The van der Waals surface area contributed by atoms with Crippen molar-refractivity contribution < 1.29 is 19.4 Å². The number of ether oxygens (including phenoxy) is 1. The molecule has 1 atom stereocenters. The number of piperidine rings is 1. The molecule has 5 nitrogen and oxygen atoms in total. The SMILES string of the molecule is CCOc1ccccc1C(=O)N1CCC[C@@H](CCC(=O)O)C1. The number of aliphatic carboxylic acids is 1. The molecule has 1 saturated heterocycles. The molecule has 1 aromatic carbocycles. The van der Waals surface area contributed by atoms with Crippen LogP contribution in [0.1, 0.15) is 43.0 Å². The average Bonchev–Trinajstić information content (AvgIpc) is 2.53. The van der Waals surface area contributed by atoms with Gasteiger partial charge in [0.15, 0.2) is 0 Å². The molecule has 0 radical (unpaired) electrons. The Morgan fingerprint density at radius 1 is 1.36 bits per heavy atom. The summed E-state index contributed by atoms with van der Waals surface area (Å²) in [5.74, 6) is 0.0879. The Kier molecular flexibility index (Phi) is 5.81. The van der Waals surface area contributed by atoms with Crippen LogP contribution < -0.4 is 4.74 Å². The van der Waals surface area contributed by atoms with Crippen molar-refractivity contribution in [3.63, 3.8) is 0 Å². The predicted octanol–water partition coefficient (Wildman–Crippen LogP) is 2.80. The largest absolute Gasteiger partial charge is 0.493 e. The number of carbonyl (C=O) groups is 2. The number of carboxylic acid groups (broad SMARTS) is 1. The number of carbonyl (C=O) groups excluding carboxylic acids is 1. The second kappa shape index (κ2) is 7.82. The van der Waals surface area contributed by atoms with Crippen LogP contribution in [0.25, 0.3) is 0 Å². The van der Waals surface area contributed by atoms with Crippen LogP contribution in [0.15, 0.2) is 24.3 Å². The summed E-state index contributed by atoms with van der Waals surface area (Å²) in [5, 5.41) is 8.80. The standard InChI is InChI=1S/C17H23NO4/c1-2-22-15-8-4-3-7-14(15)17(21)18-11-5-6-13(12-18)9-10-16(19)20/h3-4,7-8,13H,2,5-6,9-12H2,1H3,(H,19,20)/t13-/m0/s1. The number of hydrogen-bond donors (Lipinski definition) is 1. The topological polar surface area (TPSA) is 66.8 Å². The minimum Gasteiger partial charge on any atom is -0.493 e. The van der Waals surface area contributed by atoms with Gasteiger partial charge in [0, 0.05) is 19.5 Å². The summed E-state index contributed by atoms with van der Waals surface area (Å²) in [4.78, 5) is 25.2. The van der Waals surface area contributed by atoms with Crippen LogP contribution in [-0.2, 0) is 4.79 Å².